The van der Waals surface area contributed by atoms with Gasteiger partial charge in [-0.1, -0.05) is 0 Å². The van der Waals surface area contributed by atoms with Gasteiger partial charge in [0.25, 0.3) is 0 Å². The van der Waals surface area contributed by atoms with E-state index in [4.69, 9.17) is 4.74 Å². The first-order chi connectivity index (χ1) is 15.8. The van der Waals surface area contributed by atoms with E-state index in [1.165, 1.54) is 0 Å². The number of halogens is 2. The van der Waals surface area contributed by atoms with Gasteiger partial charge < -0.3 is 15.4 Å². The minimum absolute atomic E-state index is 0.259. The number of nitrogens with zero attached hydrogens (tertiary/aromatic N) is 4. The number of aryl methyl sites for hydroxylation is 3. The largest absolute Gasteiger partial charge is 0.439 e. The molecule has 0 aliphatic carbocycles. The zero-order chi connectivity index (χ0) is 23.5. The molecule has 33 heavy (non-hydrogen) atoms. The Morgan fingerprint density at radius 1 is 0.939 bits per heavy atom. The Balaban J connectivity index is 1.44. The van der Waals surface area contributed by atoms with Gasteiger partial charge in [-0.15, -0.1) is 0 Å². The van der Waals surface area contributed by atoms with Gasteiger partial charge in [0.15, 0.2) is 5.82 Å². The number of rotatable bonds is 5. The fourth-order valence-corrected chi connectivity index (χ4v) is 3.15. The number of ether oxygens (including phenoxy) is 1. The predicted octanol–water partition coefficient (Wildman–Crippen LogP) is 5.30. The summed E-state index contributed by atoms with van der Waals surface area (Å²) in [5, 5.41) is 9.24. The number of benzene rings is 2. The van der Waals surface area contributed by atoms with Crippen LogP contribution in [0.4, 0.5) is 25.0 Å². The lowest BCUT2D eigenvalue weighted by atomic mass is 10.3. The Kier molecular flexibility index (Phi) is 5.99. The Morgan fingerprint density at radius 3 is 2.39 bits per heavy atom. The Bertz CT molecular complexity index is 1320. The van der Waals surface area contributed by atoms with Gasteiger partial charge in [-0.05, 0) is 63.2 Å². The maximum absolute atomic E-state index is 13.7. The molecule has 0 saturated carbocycles. The number of urea groups is 1. The van der Waals surface area contributed by atoms with Crippen molar-refractivity contribution in [1.29, 1.82) is 0 Å². The summed E-state index contributed by atoms with van der Waals surface area (Å²) in [5.41, 5.74) is 1.98. The molecule has 4 rings (SSSR count). The predicted molar refractivity (Wildman–Crippen MR) is 119 cm³/mol. The second-order valence-electron chi connectivity index (χ2n) is 7.28. The van der Waals surface area contributed by atoms with Crippen LogP contribution in [0.5, 0.6) is 11.6 Å². The SMILES string of the molecule is Cc1cc(C)n(-c2cc(Oc3ccc(NC(=O)Nc4cc(F)ccc4F)cc3)nc(C)n2)n1. The summed E-state index contributed by atoms with van der Waals surface area (Å²) in [6, 6.07) is 12.2. The van der Waals surface area contributed by atoms with E-state index in [1.807, 2.05) is 19.9 Å². The lowest BCUT2D eigenvalue weighted by Gasteiger charge is -2.11. The van der Waals surface area contributed by atoms with E-state index in [9.17, 15) is 13.6 Å². The molecular weight excluding hydrogens is 430 g/mol. The molecule has 4 aromatic rings. The van der Waals surface area contributed by atoms with E-state index in [0.29, 0.717) is 29.0 Å². The molecule has 0 radical (unpaired) electrons. The summed E-state index contributed by atoms with van der Waals surface area (Å²) in [4.78, 5) is 20.8. The van der Waals surface area contributed by atoms with Crippen molar-refractivity contribution in [1.82, 2.24) is 19.7 Å². The lowest BCUT2D eigenvalue weighted by Crippen LogP contribution is -2.20. The van der Waals surface area contributed by atoms with E-state index in [1.54, 1.807) is 41.9 Å². The molecule has 2 aromatic carbocycles. The van der Waals surface area contributed by atoms with E-state index >= 15 is 0 Å². The fraction of sp³-hybridized carbons (Fsp3) is 0.130. The molecule has 2 aromatic heterocycles. The highest BCUT2D eigenvalue weighted by molar-refractivity contribution is 5.99. The lowest BCUT2D eigenvalue weighted by molar-refractivity contribution is 0.262. The molecule has 168 valence electrons. The molecule has 8 nitrogen and oxygen atoms in total. The van der Waals surface area contributed by atoms with Crippen LogP contribution in [0.3, 0.4) is 0 Å². The van der Waals surface area contributed by atoms with Crippen LogP contribution in [-0.4, -0.2) is 25.8 Å². The average molecular weight is 450 g/mol. The summed E-state index contributed by atoms with van der Waals surface area (Å²) in [7, 11) is 0. The molecule has 2 amide bonds. The van der Waals surface area contributed by atoms with Crippen LogP contribution in [0.1, 0.15) is 17.2 Å². The van der Waals surface area contributed by atoms with Gasteiger partial charge in [0.05, 0.1) is 11.4 Å². The number of aromatic nitrogens is 4. The standard InChI is InChI=1S/C23H20F2N6O2/c1-13-10-14(2)31(30-13)21-12-22(27-15(3)26-21)33-18-7-5-17(6-8-18)28-23(32)29-20-11-16(24)4-9-19(20)25/h4-12H,1-3H3,(H2,28,29,32). The van der Waals surface area contributed by atoms with Crippen LogP contribution >= 0.6 is 0 Å². The van der Waals surface area contributed by atoms with Crippen molar-refractivity contribution in [3.63, 3.8) is 0 Å². The van der Waals surface area contributed by atoms with Crippen LogP contribution < -0.4 is 15.4 Å². The van der Waals surface area contributed by atoms with Gasteiger partial charge in [0, 0.05) is 23.5 Å². The molecule has 0 aliphatic heterocycles. The zero-order valence-corrected chi connectivity index (χ0v) is 18.1. The van der Waals surface area contributed by atoms with Crippen LogP contribution in [0.25, 0.3) is 5.82 Å². The van der Waals surface area contributed by atoms with Crippen LogP contribution in [0.15, 0.2) is 54.6 Å². The quantitative estimate of drug-likeness (QED) is 0.430. The number of hydrogen-bond acceptors (Lipinski definition) is 5. The minimum atomic E-state index is -0.740. The van der Waals surface area contributed by atoms with Crippen LogP contribution in [-0.2, 0) is 0 Å². The molecule has 0 fully saturated rings. The highest BCUT2D eigenvalue weighted by atomic mass is 19.1. The summed E-state index contributed by atoms with van der Waals surface area (Å²) in [6.07, 6.45) is 0. The van der Waals surface area contributed by atoms with Gasteiger partial charge in [-0.25, -0.2) is 23.2 Å². The van der Waals surface area contributed by atoms with E-state index in [2.05, 4.69) is 25.7 Å². The first-order valence-corrected chi connectivity index (χ1v) is 9.97. The van der Waals surface area contributed by atoms with Gasteiger partial charge >= 0.3 is 6.03 Å². The highest BCUT2D eigenvalue weighted by Crippen LogP contribution is 2.24. The van der Waals surface area contributed by atoms with Crippen molar-refractivity contribution in [2.24, 2.45) is 0 Å². The first kappa shape index (κ1) is 21.9. The van der Waals surface area contributed by atoms with Crippen molar-refractivity contribution in [3.8, 4) is 17.4 Å². The third-order valence-corrected chi connectivity index (χ3v) is 4.54. The summed E-state index contributed by atoms with van der Waals surface area (Å²) < 4.78 is 34.5. The molecule has 0 aliphatic rings. The molecule has 0 atom stereocenters. The zero-order valence-electron chi connectivity index (χ0n) is 18.1. The number of anilines is 2. The number of hydrogen-bond donors (Lipinski definition) is 2. The smallest absolute Gasteiger partial charge is 0.323 e. The van der Waals surface area contributed by atoms with Crippen LogP contribution in [0.2, 0.25) is 0 Å². The second-order valence-corrected chi connectivity index (χ2v) is 7.28. The number of carbonyl (C=O) groups is 1. The molecule has 10 heteroatoms. The van der Waals surface area contributed by atoms with Gasteiger partial charge in [0.1, 0.15) is 23.2 Å². The van der Waals surface area contributed by atoms with Crippen molar-refractivity contribution < 1.29 is 18.3 Å². The first-order valence-electron chi connectivity index (χ1n) is 9.97. The van der Waals surface area contributed by atoms with E-state index < -0.39 is 17.7 Å². The molecule has 0 bridgehead atoms. The van der Waals surface area contributed by atoms with Crippen molar-refractivity contribution in [2.75, 3.05) is 10.6 Å². The highest BCUT2D eigenvalue weighted by Gasteiger charge is 2.11. The monoisotopic (exact) mass is 450 g/mol. The second kappa shape index (κ2) is 9.03. The Morgan fingerprint density at radius 2 is 1.70 bits per heavy atom. The summed E-state index contributed by atoms with van der Waals surface area (Å²) in [6.45, 7) is 5.59. The summed E-state index contributed by atoms with van der Waals surface area (Å²) >= 11 is 0. The Hall–Kier alpha value is -4.34. The number of amides is 2. The fourth-order valence-electron chi connectivity index (χ4n) is 3.15. The third-order valence-electron chi connectivity index (χ3n) is 4.54. The molecular formula is C23H20F2N6O2. The van der Waals surface area contributed by atoms with E-state index in [-0.39, 0.29) is 5.69 Å². The van der Waals surface area contributed by atoms with Gasteiger partial charge in [-0.3, -0.25) is 0 Å². The third kappa shape index (κ3) is 5.29. The van der Waals surface area contributed by atoms with Crippen molar-refractivity contribution >= 4 is 17.4 Å². The Labute approximate surface area is 188 Å². The minimum Gasteiger partial charge on any atom is -0.439 e. The van der Waals surface area contributed by atoms with Crippen molar-refractivity contribution in [2.45, 2.75) is 20.8 Å². The maximum Gasteiger partial charge on any atom is 0.323 e. The normalized spacial score (nSPS) is 10.7. The maximum atomic E-state index is 13.7. The molecule has 0 unspecified atom stereocenters. The topological polar surface area (TPSA) is 94.0 Å². The number of nitrogens with one attached hydrogen (secondary N) is 2. The molecule has 2 N–H and O–H groups in total. The molecule has 0 saturated heterocycles. The average Bonchev–Trinajstić information content (AvgIpc) is 3.10. The number of carbonyl (C=O) groups excluding carboxylic acids is 1. The molecule has 0 spiro atoms. The van der Waals surface area contributed by atoms with Gasteiger partial charge in [-0.2, -0.15) is 10.1 Å². The molecule has 2 heterocycles. The summed E-state index contributed by atoms with van der Waals surface area (Å²) in [5.74, 6) is 0.529. The van der Waals surface area contributed by atoms with Gasteiger partial charge in [0.2, 0.25) is 5.88 Å². The van der Waals surface area contributed by atoms with Crippen molar-refractivity contribution in [3.05, 3.63) is 83.4 Å². The van der Waals surface area contributed by atoms with Crippen LogP contribution in [0, 0.1) is 32.4 Å². The van der Waals surface area contributed by atoms with E-state index in [0.717, 1.165) is 29.6 Å².